The van der Waals surface area contributed by atoms with Crippen LogP contribution in [0.2, 0.25) is 0 Å². The molecule has 27 heavy (non-hydrogen) atoms. The molecule has 0 saturated carbocycles. The summed E-state index contributed by atoms with van der Waals surface area (Å²) in [6.07, 6.45) is -1.23. The van der Waals surface area contributed by atoms with Gasteiger partial charge in [-0.2, -0.15) is 0 Å². The number of primary amides is 2. The summed E-state index contributed by atoms with van der Waals surface area (Å²) in [6, 6.07) is -4.43. The number of hydrogen-bond donors (Lipinski definition) is 7. The van der Waals surface area contributed by atoms with Crippen molar-refractivity contribution >= 4 is 29.9 Å². The molecule has 0 spiro atoms. The Morgan fingerprint density at radius 1 is 0.963 bits per heavy atom. The SMILES string of the molecule is CC(O)C(NC(=O)NC(N)=O)C(=O)NCCOCCOCC(=O)NC(N)=O. The van der Waals surface area contributed by atoms with E-state index in [1.54, 1.807) is 5.32 Å². The first kappa shape index (κ1) is 24.0. The lowest BCUT2D eigenvalue weighted by atomic mass is 10.1. The fraction of sp³-hybridized carbons (Fsp3) is 0.615. The van der Waals surface area contributed by atoms with E-state index in [1.807, 2.05) is 5.32 Å². The zero-order valence-corrected chi connectivity index (χ0v) is 14.6. The lowest BCUT2D eigenvalue weighted by Gasteiger charge is -2.20. The van der Waals surface area contributed by atoms with Gasteiger partial charge in [-0.05, 0) is 6.92 Å². The van der Waals surface area contributed by atoms with Crippen molar-refractivity contribution in [1.82, 2.24) is 21.3 Å². The van der Waals surface area contributed by atoms with Crippen molar-refractivity contribution in [1.29, 1.82) is 0 Å². The largest absolute Gasteiger partial charge is 0.391 e. The number of imide groups is 2. The summed E-state index contributed by atoms with van der Waals surface area (Å²) in [7, 11) is 0. The molecule has 2 unspecified atom stereocenters. The Kier molecular flexibility index (Phi) is 11.8. The normalized spacial score (nSPS) is 12.4. The molecule has 14 heteroatoms. The summed E-state index contributed by atoms with van der Waals surface area (Å²) in [5.74, 6) is -1.39. The molecule has 0 aromatic heterocycles. The van der Waals surface area contributed by atoms with Gasteiger partial charge in [0.1, 0.15) is 12.6 Å². The molecule has 9 N–H and O–H groups in total. The lowest BCUT2D eigenvalue weighted by molar-refractivity contribution is -0.126. The molecule has 0 aromatic rings. The number of urea groups is 3. The fourth-order valence-corrected chi connectivity index (χ4v) is 1.61. The number of carbonyl (C=O) groups excluding carboxylic acids is 5. The molecule has 0 aliphatic carbocycles. The highest BCUT2D eigenvalue weighted by Gasteiger charge is 2.25. The maximum atomic E-state index is 11.9. The van der Waals surface area contributed by atoms with Crippen molar-refractivity contribution in [2.24, 2.45) is 11.5 Å². The number of ether oxygens (including phenoxy) is 2. The van der Waals surface area contributed by atoms with Crippen LogP contribution in [0, 0.1) is 0 Å². The van der Waals surface area contributed by atoms with Crippen LogP contribution in [0.15, 0.2) is 0 Å². The Morgan fingerprint density at radius 3 is 2.11 bits per heavy atom. The second-order valence-corrected chi connectivity index (χ2v) is 5.05. The molecular formula is C13H24N6O8. The second kappa shape index (κ2) is 13.3. The first-order valence-electron chi connectivity index (χ1n) is 7.71. The van der Waals surface area contributed by atoms with E-state index in [-0.39, 0.29) is 33.0 Å². The van der Waals surface area contributed by atoms with E-state index in [1.165, 1.54) is 6.92 Å². The third kappa shape index (κ3) is 13.0. The minimum atomic E-state index is -1.31. The summed E-state index contributed by atoms with van der Waals surface area (Å²) in [5.41, 5.74) is 9.51. The minimum absolute atomic E-state index is 0.0589. The quantitative estimate of drug-likeness (QED) is 0.174. The van der Waals surface area contributed by atoms with Gasteiger partial charge >= 0.3 is 18.1 Å². The van der Waals surface area contributed by atoms with E-state index in [0.29, 0.717) is 0 Å². The van der Waals surface area contributed by atoms with Crippen molar-refractivity contribution < 1.29 is 38.6 Å². The number of rotatable bonds is 11. The van der Waals surface area contributed by atoms with Crippen LogP contribution in [0.3, 0.4) is 0 Å². The third-order valence-corrected chi connectivity index (χ3v) is 2.70. The van der Waals surface area contributed by atoms with Gasteiger partial charge < -0.3 is 36.7 Å². The Balaban J connectivity index is 3.92. The Labute approximate surface area is 154 Å². The van der Waals surface area contributed by atoms with Crippen LogP contribution in [0.25, 0.3) is 0 Å². The Bertz CT molecular complexity index is 541. The Hall–Kier alpha value is -2.97. The van der Waals surface area contributed by atoms with Gasteiger partial charge in [-0.15, -0.1) is 0 Å². The van der Waals surface area contributed by atoms with Gasteiger partial charge in [-0.3, -0.25) is 20.2 Å². The molecule has 0 aliphatic heterocycles. The van der Waals surface area contributed by atoms with E-state index >= 15 is 0 Å². The molecule has 0 radical (unpaired) electrons. The van der Waals surface area contributed by atoms with Gasteiger partial charge in [0.25, 0.3) is 5.91 Å². The highest BCUT2D eigenvalue weighted by atomic mass is 16.5. The number of carbonyl (C=O) groups is 5. The first-order chi connectivity index (χ1) is 12.6. The number of aliphatic hydroxyl groups excluding tert-OH is 1. The van der Waals surface area contributed by atoms with E-state index in [0.717, 1.165) is 0 Å². The molecule has 2 atom stereocenters. The topological polar surface area (TPSA) is 224 Å². The summed E-state index contributed by atoms with van der Waals surface area (Å²) >= 11 is 0. The van der Waals surface area contributed by atoms with Crippen LogP contribution >= 0.6 is 0 Å². The van der Waals surface area contributed by atoms with Crippen molar-refractivity contribution in [3.05, 3.63) is 0 Å². The van der Waals surface area contributed by atoms with Gasteiger partial charge in [-0.1, -0.05) is 0 Å². The van der Waals surface area contributed by atoms with E-state index in [2.05, 4.69) is 10.6 Å². The molecular weight excluding hydrogens is 368 g/mol. The summed E-state index contributed by atoms with van der Waals surface area (Å²) in [6.45, 7) is 1.23. The van der Waals surface area contributed by atoms with Crippen molar-refractivity contribution in [3.63, 3.8) is 0 Å². The van der Waals surface area contributed by atoms with Crippen LogP contribution in [0.5, 0.6) is 0 Å². The molecule has 0 aromatic carbocycles. The highest BCUT2D eigenvalue weighted by molar-refractivity contribution is 5.95. The summed E-state index contributed by atoms with van der Waals surface area (Å²) in [4.78, 5) is 55.2. The number of aliphatic hydroxyl groups is 1. The van der Waals surface area contributed by atoms with Crippen molar-refractivity contribution in [2.45, 2.75) is 19.1 Å². The van der Waals surface area contributed by atoms with E-state index in [4.69, 9.17) is 20.9 Å². The third-order valence-electron chi connectivity index (χ3n) is 2.70. The number of nitrogens with one attached hydrogen (secondary N) is 4. The van der Waals surface area contributed by atoms with Crippen LogP contribution < -0.4 is 32.7 Å². The van der Waals surface area contributed by atoms with Crippen LogP contribution in [0.1, 0.15) is 6.92 Å². The smallest absolute Gasteiger partial charge is 0.323 e. The van der Waals surface area contributed by atoms with Crippen molar-refractivity contribution in [2.75, 3.05) is 33.0 Å². The molecule has 0 saturated heterocycles. The number of nitrogens with two attached hydrogens (primary N) is 2. The molecule has 14 nitrogen and oxygen atoms in total. The van der Waals surface area contributed by atoms with E-state index in [9.17, 15) is 29.1 Å². The van der Waals surface area contributed by atoms with Gasteiger partial charge in [0.2, 0.25) is 5.91 Å². The maximum Gasteiger partial charge on any atom is 0.323 e. The monoisotopic (exact) mass is 392 g/mol. The predicted molar refractivity (Wildman–Crippen MR) is 89.1 cm³/mol. The fourth-order valence-electron chi connectivity index (χ4n) is 1.61. The van der Waals surface area contributed by atoms with Crippen molar-refractivity contribution in [3.8, 4) is 0 Å². The molecule has 0 bridgehead atoms. The zero-order valence-electron chi connectivity index (χ0n) is 14.6. The standard InChI is InChI=1S/C13H24N6O8/c1-7(20)9(18-13(25)19-12(15)24)10(22)16-2-3-26-4-5-27-6-8(21)17-11(14)23/h7,9,20H,2-6H2,1H3,(H,16,22)(H3,14,17,21,23)(H4,15,18,19,24,25). The van der Waals surface area contributed by atoms with Gasteiger partial charge in [-0.25, -0.2) is 14.4 Å². The average molecular weight is 392 g/mol. The van der Waals surface area contributed by atoms with Gasteiger partial charge in [0.05, 0.1) is 25.9 Å². The predicted octanol–water partition coefficient (Wildman–Crippen LogP) is -3.54. The minimum Gasteiger partial charge on any atom is -0.391 e. The number of hydrogen-bond acceptors (Lipinski definition) is 8. The lowest BCUT2D eigenvalue weighted by Crippen LogP contribution is -2.56. The van der Waals surface area contributed by atoms with E-state index < -0.39 is 42.1 Å². The molecule has 8 amide bonds. The summed E-state index contributed by atoms with van der Waals surface area (Å²) < 4.78 is 10.0. The molecule has 154 valence electrons. The van der Waals surface area contributed by atoms with Crippen LogP contribution in [0.4, 0.5) is 14.4 Å². The molecule has 0 heterocycles. The highest BCUT2D eigenvalue weighted by Crippen LogP contribution is 1.93. The van der Waals surface area contributed by atoms with Gasteiger partial charge in [0.15, 0.2) is 0 Å². The van der Waals surface area contributed by atoms with Crippen LogP contribution in [-0.2, 0) is 19.1 Å². The van der Waals surface area contributed by atoms with Gasteiger partial charge in [0, 0.05) is 6.54 Å². The molecule has 0 aliphatic rings. The maximum absolute atomic E-state index is 11.9. The zero-order chi connectivity index (χ0) is 20.8. The first-order valence-corrected chi connectivity index (χ1v) is 7.71. The average Bonchev–Trinajstić information content (AvgIpc) is 2.53. The molecule has 0 fully saturated rings. The molecule has 0 rings (SSSR count). The number of amides is 8. The Morgan fingerprint density at radius 2 is 1.56 bits per heavy atom. The second-order valence-electron chi connectivity index (χ2n) is 5.05. The van der Waals surface area contributed by atoms with Crippen LogP contribution in [-0.4, -0.2) is 80.1 Å². The summed E-state index contributed by atoms with van der Waals surface area (Å²) in [5, 5.41) is 17.6.